The van der Waals surface area contributed by atoms with E-state index in [2.05, 4.69) is 19.9 Å². The molecule has 162 valence electrons. The number of methoxy groups -OCH3 is 2. The van der Waals surface area contributed by atoms with Crippen LogP contribution in [0.15, 0.2) is 30.5 Å². The number of ether oxygens (including phenoxy) is 2. The molecule has 1 atom stereocenters. The molecule has 3 rings (SSSR count). The van der Waals surface area contributed by atoms with Gasteiger partial charge in [-0.1, -0.05) is 6.07 Å². The maximum Gasteiger partial charge on any atom is 0.321 e. The number of nitrogens with zero attached hydrogens (tertiary/aromatic N) is 5. The molecule has 1 aliphatic rings. The number of pyridine rings is 1. The van der Waals surface area contributed by atoms with Gasteiger partial charge in [-0.25, -0.2) is 0 Å². The van der Waals surface area contributed by atoms with Crippen molar-refractivity contribution in [3.8, 4) is 11.9 Å². The third kappa shape index (κ3) is 6.05. The molecule has 2 aromatic rings. The van der Waals surface area contributed by atoms with Gasteiger partial charge in [-0.15, -0.1) is 0 Å². The van der Waals surface area contributed by atoms with E-state index in [0.29, 0.717) is 30.8 Å². The monoisotopic (exact) mass is 413 g/mol. The summed E-state index contributed by atoms with van der Waals surface area (Å²) in [6, 6.07) is 8.01. The highest BCUT2D eigenvalue weighted by Gasteiger charge is 2.23. The summed E-state index contributed by atoms with van der Waals surface area (Å²) in [5.74, 6) is 1.94. The molecule has 1 aliphatic heterocycles. The Morgan fingerprint density at radius 3 is 2.87 bits per heavy atom. The fourth-order valence-corrected chi connectivity index (χ4v) is 3.73. The van der Waals surface area contributed by atoms with Crippen LogP contribution in [-0.2, 0) is 11.2 Å². The van der Waals surface area contributed by atoms with Gasteiger partial charge in [0.2, 0.25) is 11.8 Å². The number of aromatic nitrogens is 3. The number of hydrogen-bond donors (Lipinski definition) is 0. The molecule has 0 bridgehead atoms. The SMILES string of the molecule is COc1cc(N2CCC[C@H](CCC(=O)N(C)CCc3ccccn3)C2)nc(OC)n1. The van der Waals surface area contributed by atoms with Crippen molar-refractivity contribution in [2.75, 3.05) is 45.8 Å². The van der Waals surface area contributed by atoms with Gasteiger partial charge in [-0.2, -0.15) is 9.97 Å². The quantitative estimate of drug-likeness (QED) is 0.625. The Morgan fingerprint density at radius 1 is 1.27 bits per heavy atom. The van der Waals surface area contributed by atoms with Crippen LogP contribution >= 0.6 is 0 Å². The summed E-state index contributed by atoms with van der Waals surface area (Å²) >= 11 is 0. The second kappa shape index (κ2) is 10.8. The van der Waals surface area contributed by atoms with E-state index in [1.807, 2.05) is 36.2 Å². The lowest BCUT2D eigenvalue weighted by Gasteiger charge is -2.33. The van der Waals surface area contributed by atoms with Crippen LogP contribution < -0.4 is 14.4 Å². The number of piperidine rings is 1. The zero-order valence-electron chi connectivity index (χ0n) is 18.1. The van der Waals surface area contributed by atoms with Crippen molar-refractivity contribution in [2.24, 2.45) is 5.92 Å². The number of rotatable bonds is 9. The van der Waals surface area contributed by atoms with Crippen molar-refractivity contribution in [3.63, 3.8) is 0 Å². The molecule has 1 fully saturated rings. The molecule has 0 saturated carbocycles. The average molecular weight is 414 g/mol. The molecule has 0 aromatic carbocycles. The van der Waals surface area contributed by atoms with Crippen LogP contribution in [0, 0.1) is 5.92 Å². The number of anilines is 1. The third-order valence-electron chi connectivity index (χ3n) is 5.53. The van der Waals surface area contributed by atoms with Crippen LogP contribution in [-0.4, -0.2) is 66.7 Å². The highest BCUT2D eigenvalue weighted by Crippen LogP contribution is 2.27. The fourth-order valence-electron chi connectivity index (χ4n) is 3.73. The van der Waals surface area contributed by atoms with Crippen LogP contribution in [0.25, 0.3) is 0 Å². The first-order valence-corrected chi connectivity index (χ1v) is 10.4. The van der Waals surface area contributed by atoms with E-state index in [1.165, 1.54) is 0 Å². The summed E-state index contributed by atoms with van der Waals surface area (Å²) in [5.41, 5.74) is 1.01. The minimum absolute atomic E-state index is 0.188. The van der Waals surface area contributed by atoms with Gasteiger partial charge < -0.3 is 19.3 Å². The van der Waals surface area contributed by atoms with Crippen molar-refractivity contribution in [3.05, 3.63) is 36.2 Å². The van der Waals surface area contributed by atoms with E-state index >= 15 is 0 Å². The third-order valence-corrected chi connectivity index (χ3v) is 5.53. The lowest BCUT2D eigenvalue weighted by atomic mass is 9.93. The van der Waals surface area contributed by atoms with E-state index in [1.54, 1.807) is 20.4 Å². The summed E-state index contributed by atoms with van der Waals surface area (Å²) in [4.78, 5) is 29.6. The summed E-state index contributed by atoms with van der Waals surface area (Å²) in [6.07, 6.45) is 6.20. The Morgan fingerprint density at radius 2 is 2.13 bits per heavy atom. The summed E-state index contributed by atoms with van der Waals surface area (Å²) in [7, 11) is 5.01. The number of carbonyl (C=O) groups is 1. The Kier molecular flexibility index (Phi) is 7.82. The Balaban J connectivity index is 1.49. The number of amides is 1. The van der Waals surface area contributed by atoms with Gasteiger partial charge in [0, 0.05) is 57.5 Å². The number of hydrogen-bond acceptors (Lipinski definition) is 7. The zero-order chi connectivity index (χ0) is 21.3. The largest absolute Gasteiger partial charge is 0.481 e. The highest BCUT2D eigenvalue weighted by atomic mass is 16.5. The van der Waals surface area contributed by atoms with Crippen LogP contribution in [0.1, 0.15) is 31.4 Å². The minimum Gasteiger partial charge on any atom is -0.481 e. The van der Waals surface area contributed by atoms with Crippen LogP contribution in [0.2, 0.25) is 0 Å². The Hall–Kier alpha value is -2.90. The molecule has 0 unspecified atom stereocenters. The van der Waals surface area contributed by atoms with Crippen molar-refractivity contribution < 1.29 is 14.3 Å². The predicted octanol–water partition coefficient (Wildman–Crippen LogP) is 2.59. The first-order chi connectivity index (χ1) is 14.6. The van der Waals surface area contributed by atoms with Crippen LogP contribution in [0.5, 0.6) is 11.9 Å². The first kappa shape index (κ1) is 21.8. The van der Waals surface area contributed by atoms with Crippen LogP contribution in [0.3, 0.4) is 0 Å². The normalized spacial score (nSPS) is 16.2. The molecule has 0 aliphatic carbocycles. The molecule has 2 aromatic heterocycles. The predicted molar refractivity (Wildman–Crippen MR) is 115 cm³/mol. The van der Waals surface area contributed by atoms with Crippen molar-refractivity contribution in [2.45, 2.75) is 32.1 Å². The van der Waals surface area contributed by atoms with Gasteiger partial charge >= 0.3 is 6.01 Å². The maximum atomic E-state index is 12.6. The molecule has 3 heterocycles. The molecular weight excluding hydrogens is 382 g/mol. The second-order valence-electron chi connectivity index (χ2n) is 7.63. The lowest BCUT2D eigenvalue weighted by molar-refractivity contribution is -0.130. The number of likely N-dealkylation sites (N-methyl/N-ethyl adjacent to an activating group) is 1. The molecule has 0 radical (unpaired) electrons. The molecule has 8 nitrogen and oxygen atoms in total. The molecule has 1 amide bonds. The van der Waals surface area contributed by atoms with Gasteiger partial charge in [-0.05, 0) is 37.3 Å². The van der Waals surface area contributed by atoms with Gasteiger partial charge in [0.25, 0.3) is 0 Å². The molecule has 8 heteroatoms. The minimum atomic E-state index is 0.188. The summed E-state index contributed by atoms with van der Waals surface area (Å²) < 4.78 is 10.5. The molecule has 0 N–H and O–H groups in total. The van der Waals surface area contributed by atoms with Crippen LogP contribution in [0.4, 0.5) is 5.82 Å². The maximum absolute atomic E-state index is 12.6. The van der Waals surface area contributed by atoms with Crippen molar-refractivity contribution in [1.82, 2.24) is 19.9 Å². The zero-order valence-corrected chi connectivity index (χ0v) is 18.1. The highest BCUT2D eigenvalue weighted by molar-refractivity contribution is 5.75. The molecule has 0 spiro atoms. The van der Waals surface area contributed by atoms with Crippen molar-refractivity contribution in [1.29, 1.82) is 0 Å². The van der Waals surface area contributed by atoms with E-state index < -0.39 is 0 Å². The van der Waals surface area contributed by atoms with Gasteiger partial charge in [0.1, 0.15) is 5.82 Å². The first-order valence-electron chi connectivity index (χ1n) is 10.4. The Bertz CT molecular complexity index is 795. The van der Waals surface area contributed by atoms with E-state index in [4.69, 9.17) is 9.47 Å². The molecule has 1 saturated heterocycles. The number of carbonyl (C=O) groups excluding carboxylic acids is 1. The lowest BCUT2D eigenvalue weighted by Crippen LogP contribution is -2.37. The Labute approximate surface area is 178 Å². The van der Waals surface area contributed by atoms with Crippen molar-refractivity contribution >= 4 is 11.7 Å². The van der Waals surface area contributed by atoms with E-state index in [-0.39, 0.29) is 5.91 Å². The summed E-state index contributed by atoms with van der Waals surface area (Å²) in [6.45, 7) is 2.49. The van der Waals surface area contributed by atoms with Gasteiger partial charge in [0.05, 0.1) is 14.2 Å². The fraction of sp³-hybridized carbons (Fsp3) is 0.545. The molecule has 30 heavy (non-hydrogen) atoms. The topological polar surface area (TPSA) is 80.7 Å². The smallest absolute Gasteiger partial charge is 0.321 e. The second-order valence-corrected chi connectivity index (χ2v) is 7.63. The van der Waals surface area contributed by atoms with Gasteiger partial charge in [0.15, 0.2) is 0 Å². The van der Waals surface area contributed by atoms with Gasteiger partial charge in [-0.3, -0.25) is 9.78 Å². The molecular formula is C22H31N5O3. The summed E-state index contributed by atoms with van der Waals surface area (Å²) in [5, 5.41) is 0. The average Bonchev–Trinajstić information content (AvgIpc) is 2.81. The standard InChI is InChI=1S/C22H31N5O3/c1-26(14-11-18-8-4-5-12-23-18)21(28)10-9-17-7-6-13-27(16-17)19-15-20(29-2)25-22(24-19)30-3/h4-5,8,12,15,17H,6-7,9-11,13-14,16H2,1-3H3/t17-/m1/s1. The van der Waals surface area contributed by atoms with E-state index in [0.717, 1.165) is 50.3 Å². The van der Waals surface area contributed by atoms with E-state index in [9.17, 15) is 4.79 Å².